The molecule has 1 aromatic heterocycles. The van der Waals surface area contributed by atoms with E-state index in [-0.39, 0.29) is 12.3 Å². The van der Waals surface area contributed by atoms with E-state index < -0.39 is 17.9 Å². The molecule has 102 valence electrons. The molecule has 0 aliphatic heterocycles. The zero-order chi connectivity index (χ0) is 13.8. The van der Waals surface area contributed by atoms with Gasteiger partial charge in [0, 0.05) is 5.92 Å². The highest BCUT2D eigenvalue weighted by Crippen LogP contribution is 2.40. The summed E-state index contributed by atoms with van der Waals surface area (Å²) >= 11 is 0. The van der Waals surface area contributed by atoms with Gasteiger partial charge in [0.25, 0.3) is 5.91 Å². The number of aliphatic carboxylic acids is 1. The maximum atomic E-state index is 12.0. The van der Waals surface area contributed by atoms with E-state index in [2.05, 4.69) is 10.5 Å². The van der Waals surface area contributed by atoms with Crippen molar-refractivity contribution in [3.8, 4) is 0 Å². The fourth-order valence-corrected chi connectivity index (χ4v) is 1.80. The number of amides is 1. The molecule has 0 saturated heterocycles. The van der Waals surface area contributed by atoms with Gasteiger partial charge in [0.15, 0.2) is 0 Å². The number of hydrogen-bond acceptors (Lipinski definition) is 4. The van der Waals surface area contributed by atoms with Gasteiger partial charge >= 0.3 is 5.97 Å². The lowest BCUT2D eigenvalue weighted by atomic mass is 10.1. The Morgan fingerprint density at radius 1 is 1.63 bits per heavy atom. The van der Waals surface area contributed by atoms with Crippen molar-refractivity contribution in [3.63, 3.8) is 0 Å². The van der Waals surface area contributed by atoms with Gasteiger partial charge in [0.2, 0.25) is 0 Å². The summed E-state index contributed by atoms with van der Waals surface area (Å²) in [7, 11) is 0. The van der Waals surface area contributed by atoms with Gasteiger partial charge in [0.1, 0.15) is 17.9 Å². The molecule has 1 amide bonds. The highest BCUT2D eigenvalue weighted by atomic mass is 16.5. The van der Waals surface area contributed by atoms with E-state index in [1.54, 1.807) is 19.1 Å². The van der Waals surface area contributed by atoms with Gasteiger partial charge in [-0.2, -0.15) is 0 Å². The van der Waals surface area contributed by atoms with Gasteiger partial charge in [-0.1, -0.05) is 17.3 Å². The number of carbonyl (C=O) groups is 2. The minimum absolute atomic E-state index is 0.252. The molecule has 1 heterocycles. The number of carboxylic acid groups (broad SMARTS) is 1. The lowest BCUT2D eigenvalue weighted by Crippen LogP contribution is -2.40. The van der Waals surface area contributed by atoms with Crippen LogP contribution in [0.3, 0.4) is 0 Å². The number of carboxylic acids is 1. The molecule has 19 heavy (non-hydrogen) atoms. The smallest absolute Gasteiger partial charge is 0.326 e. The number of nitrogens with one attached hydrogen (secondary N) is 1. The number of hydrogen-bond donors (Lipinski definition) is 2. The van der Waals surface area contributed by atoms with Crippen molar-refractivity contribution in [3.05, 3.63) is 29.7 Å². The standard InChI is InChI=1S/C13H16N2O4/c1-2-3-4-10(13(17)18)14-12(16)9-7-19-15-11(9)8-5-6-8/h2-3,7-8,10H,4-6H2,1H3,(H,14,16)(H,17,18)/b3-2+. The second kappa shape index (κ2) is 5.69. The van der Waals surface area contributed by atoms with Crippen LogP contribution >= 0.6 is 0 Å². The first-order chi connectivity index (χ1) is 9.13. The zero-order valence-electron chi connectivity index (χ0n) is 10.6. The van der Waals surface area contributed by atoms with Crippen molar-refractivity contribution in [2.75, 3.05) is 0 Å². The third-order valence-electron chi connectivity index (χ3n) is 3.02. The molecule has 2 N–H and O–H groups in total. The Kier molecular flexibility index (Phi) is 3.99. The van der Waals surface area contributed by atoms with E-state index in [9.17, 15) is 9.59 Å². The Hall–Kier alpha value is -2.11. The third-order valence-corrected chi connectivity index (χ3v) is 3.02. The van der Waals surface area contributed by atoms with Crippen LogP contribution in [0, 0.1) is 0 Å². The van der Waals surface area contributed by atoms with Crippen LogP contribution in [0.1, 0.15) is 48.2 Å². The van der Waals surface area contributed by atoms with Gasteiger partial charge in [-0.15, -0.1) is 0 Å². The Bertz CT molecular complexity index is 502. The third kappa shape index (κ3) is 3.21. The quantitative estimate of drug-likeness (QED) is 0.763. The van der Waals surface area contributed by atoms with Gasteiger partial charge in [-0.25, -0.2) is 4.79 Å². The van der Waals surface area contributed by atoms with Crippen LogP contribution in [-0.2, 0) is 4.79 Å². The van der Waals surface area contributed by atoms with E-state index in [0.29, 0.717) is 11.3 Å². The minimum atomic E-state index is -1.06. The van der Waals surface area contributed by atoms with E-state index >= 15 is 0 Å². The Morgan fingerprint density at radius 3 is 2.95 bits per heavy atom. The van der Waals surface area contributed by atoms with Crippen LogP contribution in [0.25, 0.3) is 0 Å². The largest absolute Gasteiger partial charge is 0.480 e. The van der Waals surface area contributed by atoms with Crippen LogP contribution in [-0.4, -0.2) is 28.2 Å². The van der Waals surface area contributed by atoms with E-state index in [0.717, 1.165) is 12.8 Å². The molecule has 6 nitrogen and oxygen atoms in total. The highest BCUT2D eigenvalue weighted by molar-refractivity contribution is 5.97. The average Bonchev–Trinajstić information content (AvgIpc) is 3.11. The monoisotopic (exact) mass is 264 g/mol. The van der Waals surface area contributed by atoms with E-state index in [1.165, 1.54) is 6.26 Å². The molecule has 0 aromatic carbocycles. The first-order valence-electron chi connectivity index (χ1n) is 6.22. The molecule has 1 saturated carbocycles. The average molecular weight is 264 g/mol. The number of aromatic nitrogens is 1. The lowest BCUT2D eigenvalue weighted by molar-refractivity contribution is -0.139. The Balaban J connectivity index is 2.05. The molecule has 2 rings (SSSR count). The lowest BCUT2D eigenvalue weighted by Gasteiger charge is -2.12. The summed E-state index contributed by atoms with van der Waals surface area (Å²) in [6.07, 6.45) is 6.96. The normalized spacial score (nSPS) is 16.5. The summed E-state index contributed by atoms with van der Waals surface area (Å²) in [5.74, 6) is -1.23. The van der Waals surface area contributed by atoms with Crippen molar-refractivity contribution < 1.29 is 19.2 Å². The van der Waals surface area contributed by atoms with E-state index in [1.807, 2.05) is 0 Å². The first kappa shape index (κ1) is 13.3. The molecule has 1 unspecified atom stereocenters. The second-order valence-corrected chi connectivity index (χ2v) is 4.56. The topological polar surface area (TPSA) is 92.4 Å². The molecule has 1 aromatic rings. The minimum Gasteiger partial charge on any atom is -0.480 e. The van der Waals surface area contributed by atoms with Gasteiger partial charge < -0.3 is 14.9 Å². The van der Waals surface area contributed by atoms with Crippen LogP contribution in [0.2, 0.25) is 0 Å². The second-order valence-electron chi connectivity index (χ2n) is 4.56. The highest BCUT2D eigenvalue weighted by Gasteiger charge is 2.32. The van der Waals surface area contributed by atoms with Gasteiger partial charge in [-0.3, -0.25) is 4.79 Å². The Labute approximate surface area is 110 Å². The van der Waals surface area contributed by atoms with Crippen molar-refractivity contribution in [2.24, 2.45) is 0 Å². The van der Waals surface area contributed by atoms with Crippen LogP contribution in [0.4, 0.5) is 0 Å². The maximum absolute atomic E-state index is 12.0. The molecule has 1 fully saturated rings. The summed E-state index contributed by atoms with van der Waals surface area (Å²) in [6.45, 7) is 1.80. The van der Waals surface area contributed by atoms with Crippen LogP contribution in [0.5, 0.6) is 0 Å². The summed E-state index contributed by atoms with van der Waals surface area (Å²) in [5.41, 5.74) is 0.974. The van der Waals surface area contributed by atoms with Crippen LogP contribution < -0.4 is 5.32 Å². The molecule has 1 atom stereocenters. The molecular formula is C13H16N2O4. The molecule has 1 aliphatic rings. The molecule has 0 bridgehead atoms. The summed E-state index contributed by atoms with van der Waals surface area (Å²) in [5, 5.41) is 15.4. The number of rotatable bonds is 6. The number of allylic oxidation sites excluding steroid dienone is 1. The molecule has 0 radical (unpaired) electrons. The number of carbonyl (C=O) groups excluding carboxylic acids is 1. The first-order valence-corrected chi connectivity index (χ1v) is 6.22. The van der Waals surface area contributed by atoms with Crippen molar-refractivity contribution in [2.45, 2.75) is 38.1 Å². The Morgan fingerprint density at radius 2 is 2.37 bits per heavy atom. The summed E-state index contributed by atoms with van der Waals surface area (Å²) < 4.78 is 4.82. The van der Waals surface area contributed by atoms with Gasteiger partial charge in [-0.05, 0) is 26.2 Å². The predicted molar refractivity (Wildman–Crippen MR) is 66.8 cm³/mol. The van der Waals surface area contributed by atoms with Crippen molar-refractivity contribution in [1.29, 1.82) is 0 Å². The number of nitrogens with zero attached hydrogens (tertiary/aromatic N) is 1. The van der Waals surface area contributed by atoms with Crippen molar-refractivity contribution >= 4 is 11.9 Å². The molecule has 1 aliphatic carbocycles. The predicted octanol–water partition coefficient (Wildman–Crippen LogP) is 1.70. The summed E-state index contributed by atoms with van der Waals surface area (Å²) in [4.78, 5) is 23.1. The molecule has 6 heteroatoms. The van der Waals surface area contributed by atoms with Gasteiger partial charge in [0.05, 0.1) is 5.69 Å². The summed E-state index contributed by atoms with van der Waals surface area (Å²) in [6, 6.07) is -0.939. The van der Waals surface area contributed by atoms with E-state index in [4.69, 9.17) is 9.63 Å². The fraction of sp³-hybridized carbons (Fsp3) is 0.462. The SMILES string of the molecule is C/C=C/CC(NC(=O)c1conc1C1CC1)C(=O)O. The molecular weight excluding hydrogens is 248 g/mol. The van der Waals surface area contributed by atoms with Crippen molar-refractivity contribution in [1.82, 2.24) is 10.5 Å². The zero-order valence-corrected chi connectivity index (χ0v) is 10.6. The maximum Gasteiger partial charge on any atom is 0.326 e. The fourth-order valence-electron chi connectivity index (χ4n) is 1.80. The molecule has 0 spiro atoms. The van der Waals surface area contributed by atoms with Crippen LogP contribution in [0.15, 0.2) is 22.9 Å².